The fraction of sp³-hybridized carbons (Fsp3) is 0.750. The number of H-pyrrole nitrogens is 1. The van der Waals surface area contributed by atoms with Gasteiger partial charge in [0.15, 0.2) is 0 Å². The van der Waals surface area contributed by atoms with Crippen molar-refractivity contribution < 1.29 is 9.53 Å². The van der Waals surface area contributed by atoms with Crippen LogP contribution >= 0.6 is 0 Å². The van der Waals surface area contributed by atoms with Crippen molar-refractivity contribution in [3.63, 3.8) is 0 Å². The lowest BCUT2D eigenvalue weighted by Gasteiger charge is -2.34. The molecular formula is C16H28N4O2. The van der Waals surface area contributed by atoms with Crippen LogP contribution in [0.4, 0.5) is 4.79 Å². The van der Waals surface area contributed by atoms with Gasteiger partial charge in [-0.05, 0) is 24.3 Å². The van der Waals surface area contributed by atoms with Crippen molar-refractivity contribution in [1.29, 1.82) is 0 Å². The molecule has 0 radical (unpaired) electrons. The van der Waals surface area contributed by atoms with Crippen LogP contribution in [-0.4, -0.2) is 54.0 Å². The Hall–Kier alpha value is -1.56. The van der Waals surface area contributed by atoms with Crippen LogP contribution in [0.5, 0.6) is 0 Å². The fourth-order valence-corrected chi connectivity index (χ4v) is 2.94. The van der Waals surface area contributed by atoms with Crippen LogP contribution in [0.15, 0.2) is 12.3 Å². The van der Waals surface area contributed by atoms with Gasteiger partial charge in [0.1, 0.15) is 0 Å². The maximum Gasteiger partial charge on any atom is 0.317 e. The summed E-state index contributed by atoms with van der Waals surface area (Å²) in [6.07, 6.45) is 3.88. The third-order valence-electron chi connectivity index (χ3n) is 4.36. The van der Waals surface area contributed by atoms with Crippen molar-refractivity contribution in [2.45, 2.75) is 45.6 Å². The first kappa shape index (κ1) is 16.8. The Morgan fingerprint density at radius 2 is 2.36 bits per heavy atom. The second-order valence-corrected chi connectivity index (χ2v) is 7.07. The number of hydrogen-bond acceptors (Lipinski definition) is 3. The SMILES string of the molecule is COC(CNC(=O)N1CCCC(c2ccn[nH]2)C1)C(C)(C)C. The van der Waals surface area contributed by atoms with E-state index in [0.717, 1.165) is 31.6 Å². The topological polar surface area (TPSA) is 70.2 Å². The lowest BCUT2D eigenvalue weighted by molar-refractivity contribution is 0.0183. The molecule has 2 heterocycles. The molecule has 2 unspecified atom stereocenters. The summed E-state index contributed by atoms with van der Waals surface area (Å²) in [6.45, 7) is 8.42. The lowest BCUT2D eigenvalue weighted by Crippen LogP contribution is -2.48. The van der Waals surface area contributed by atoms with Crippen LogP contribution in [0, 0.1) is 5.41 Å². The fourth-order valence-electron chi connectivity index (χ4n) is 2.94. The minimum atomic E-state index is -0.00415. The zero-order valence-electron chi connectivity index (χ0n) is 14.1. The normalized spacial score (nSPS) is 20.7. The highest BCUT2D eigenvalue weighted by molar-refractivity contribution is 5.74. The number of aromatic nitrogens is 2. The van der Waals surface area contributed by atoms with Crippen molar-refractivity contribution >= 4 is 6.03 Å². The highest BCUT2D eigenvalue weighted by Gasteiger charge is 2.28. The second-order valence-electron chi connectivity index (χ2n) is 7.07. The molecule has 0 aromatic carbocycles. The van der Waals surface area contributed by atoms with Crippen LogP contribution in [0.25, 0.3) is 0 Å². The molecule has 6 heteroatoms. The number of piperidine rings is 1. The number of nitrogens with one attached hydrogen (secondary N) is 2. The van der Waals surface area contributed by atoms with E-state index in [0.29, 0.717) is 12.5 Å². The van der Waals surface area contributed by atoms with Crippen molar-refractivity contribution in [3.05, 3.63) is 18.0 Å². The van der Waals surface area contributed by atoms with Crippen molar-refractivity contribution in [3.8, 4) is 0 Å². The molecule has 0 bridgehead atoms. The predicted octanol–water partition coefficient (Wildman–Crippen LogP) is 2.36. The maximum atomic E-state index is 12.4. The van der Waals surface area contributed by atoms with E-state index in [4.69, 9.17) is 4.74 Å². The maximum absolute atomic E-state index is 12.4. The summed E-state index contributed by atoms with van der Waals surface area (Å²) >= 11 is 0. The first-order chi connectivity index (χ1) is 10.4. The molecule has 1 aliphatic heterocycles. The van der Waals surface area contributed by atoms with E-state index in [1.807, 2.05) is 11.0 Å². The van der Waals surface area contributed by atoms with E-state index >= 15 is 0 Å². The zero-order chi connectivity index (χ0) is 16.2. The number of urea groups is 1. The van der Waals surface area contributed by atoms with Gasteiger partial charge in [-0.1, -0.05) is 20.8 Å². The Labute approximate surface area is 132 Å². The summed E-state index contributed by atoms with van der Waals surface area (Å²) in [4.78, 5) is 14.3. The minimum absolute atomic E-state index is 0.00236. The number of methoxy groups -OCH3 is 1. The summed E-state index contributed by atoms with van der Waals surface area (Å²) in [5.74, 6) is 0.350. The van der Waals surface area contributed by atoms with E-state index in [-0.39, 0.29) is 17.6 Å². The highest BCUT2D eigenvalue weighted by atomic mass is 16.5. The number of likely N-dealkylation sites (tertiary alicyclic amines) is 1. The molecule has 2 atom stereocenters. The van der Waals surface area contributed by atoms with Gasteiger partial charge in [-0.2, -0.15) is 5.10 Å². The van der Waals surface area contributed by atoms with Crippen LogP contribution in [0.1, 0.15) is 45.2 Å². The van der Waals surface area contributed by atoms with Gasteiger partial charge < -0.3 is 15.0 Å². The van der Waals surface area contributed by atoms with E-state index in [2.05, 4.69) is 36.3 Å². The summed E-state index contributed by atoms with van der Waals surface area (Å²) < 4.78 is 5.49. The van der Waals surface area contributed by atoms with Crippen molar-refractivity contribution in [1.82, 2.24) is 20.4 Å². The molecule has 0 spiro atoms. The van der Waals surface area contributed by atoms with Gasteiger partial charge in [0.05, 0.1) is 6.10 Å². The molecule has 1 aromatic rings. The smallest absolute Gasteiger partial charge is 0.317 e. The largest absolute Gasteiger partial charge is 0.379 e. The van der Waals surface area contributed by atoms with E-state index in [9.17, 15) is 4.79 Å². The Balaban J connectivity index is 1.87. The van der Waals surface area contributed by atoms with Gasteiger partial charge in [-0.15, -0.1) is 0 Å². The molecule has 2 rings (SSSR count). The Morgan fingerprint density at radius 1 is 1.59 bits per heavy atom. The number of nitrogens with zero attached hydrogens (tertiary/aromatic N) is 2. The summed E-state index contributed by atoms with van der Waals surface area (Å²) in [6, 6.07) is 1.99. The Kier molecular flexibility index (Phi) is 5.45. The number of carbonyl (C=O) groups is 1. The summed E-state index contributed by atoms with van der Waals surface area (Å²) in [5, 5.41) is 10.0. The van der Waals surface area contributed by atoms with Crippen LogP contribution in [-0.2, 0) is 4.74 Å². The molecular weight excluding hydrogens is 280 g/mol. The predicted molar refractivity (Wildman–Crippen MR) is 85.8 cm³/mol. The summed E-state index contributed by atoms with van der Waals surface area (Å²) in [7, 11) is 1.69. The molecule has 6 nitrogen and oxygen atoms in total. The van der Waals surface area contributed by atoms with E-state index < -0.39 is 0 Å². The van der Waals surface area contributed by atoms with Gasteiger partial charge in [0.25, 0.3) is 0 Å². The monoisotopic (exact) mass is 308 g/mol. The Bertz CT molecular complexity index is 467. The molecule has 1 fully saturated rings. The standard InChI is InChI=1S/C16H28N4O2/c1-16(2,3)14(22-4)10-17-15(21)20-9-5-6-12(11-20)13-7-8-18-19-13/h7-8,12,14H,5-6,9-11H2,1-4H3,(H,17,21)(H,18,19). The number of ether oxygens (including phenoxy) is 1. The Morgan fingerprint density at radius 3 is 2.95 bits per heavy atom. The molecule has 1 aromatic heterocycles. The first-order valence-corrected chi connectivity index (χ1v) is 7.96. The highest BCUT2D eigenvalue weighted by Crippen LogP contribution is 2.25. The minimum Gasteiger partial charge on any atom is -0.379 e. The van der Waals surface area contributed by atoms with Gasteiger partial charge in [0.2, 0.25) is 0 Å². The average molecular weight is 308 g/mol. The number of rotatable bonds is 4. The average Bonchev–Trinajstić information content (AvgIpc) is 3.00. The van der Waals surface area contributed by atoms with Gasteiger partial charge >= 0.3 is 6.03 Å². The van der Waals surface area contributed by atoms with Crippen molar-refractivity contribution in [2.24, 2.45) is 5.41 Å². The van der Waals surface area contributed by atoms with Crippen LogP contribution in [0.2, 0.25) is 0 Å². The number of hydrogen-bond donors (Lipinski definition) is 2. The second kappa shape index (κ2) is 7.13. The van der Waals surface area contributed by atoms with E-state index in [1.54, 1.807) is 13.3 Å². The van der Waals surface area contributed by atoms with Crippen LogP contribution in [0.3, 0.4) is 0 Å². The molecule has 0 aliphatic carbocycles. The van der Waals surface area contributed by atoms with E-state index in [1.165, 1.54) is 0 Å². The molecule has 22 heavy (non-hydrogen) atoms. The molecule has 2 N–H and O–H groups in total. The third kappa shape index (κ3) is 4.22. The quantitative estimate of drug-likeness (QED) is 0.897. The zero-order valence-corrected chi connectivity index (χ0v) is 14.1. The third-order valence-corrected chi connectivity index (χ3v) is 4.36. The molecule has 2 amide bonds. The number of carbonyl (C=O) groups excluding carboxylic acids is 1. The van der Waals surface area contributed by atoms with Crippen LogP contribution < -0.4 is 5.32 Å². The van der Waals surface area contributed by atoms with Gasteiger partial charge in [-0.3, -0.25) is 5.10 Å². The molecule has 0 saturated carbocycles. The molecule has 1 aliphatic rings. The molecule has 124 valence electrons. The number of amides is 2. The lowest BCUT2D eigenvalue weighted by atomic mass is 9.89. The number of aromatic amines is 1. The van der Waals surface area contributed by atoms with Gasteiger partial charge in [-0.25, -0.2) is 4.79 Å². The van der Waals surface area contributed by atoms with Gasteiger partial charge in [0, 0.05) is 44.6 Å². The van der Waals surface area contributed by atoms with Crippen molar-refractivity contribution in [2.75, 3.05) is 26.7 Å². The summed E-state index contributed by atoms with van der Waals surface area (Å²) in [5.41, 5.74) is 1.12. The first-order valence-electron chi connectivity index (χ1n) is 7.96. The molecule has 1 saturated heterocycles.